The first kappa shape index (κ1) is 20.7. The third-order valence-corrected chi connectivity index (χ3v) is 5.42. The third kappa shape index (κ3) is 5.12. The molecule has 0 spiro atoms. The number of benzene rings is 2. The molecule has 0 radical (unpaired) electrons. The minimum absolute atomic E-state index is 0.0663. The number of hydrogen-bond acceptors (Lipinski definition) is 4. The van der Waals surface area contributed by atoms with E-state index in [9.17, 15) is 13.9 Å². The molecular formula is C24H26F2N2O2. The van der Waals surface area contributed by atoms with Crippen molar-refractivity contribution < 1.29 is 18.6 Å². The van der Waals surface area contributed by atoms with Crippen LogP contribution < -0.4 is 4.74 Å². The van der Waals surface area contributed by atoms with Crippen LogP contribution in [-0.2, 0) is 0 Å². The highest BCUT2D eigenvalue weighted by atomic mass is 19.3. The zero-order valence-electron chi connectivity index (χ0n) is 17.0. The van der Waals surface area contributed by atoms with Gasteiger partial charge in [0.2, 0.25) is 0 Å². The summed E-state index contributed by atoms with van der Waals surface area (Å²) in [5.74, 6) is -2.02. The predicted octanol–water partition coefficient (Wildman–Crippen LogP) is 4.68. The first-order valence-corrected chi connectivity index (χ1v) is 10.3. The number of nitrogens with zero attached hydrogens (tertiary/aromatic N) is 2. The van der Waals surface area contributed by atoms with Crippen molar-refractivity contribution in [3.8, 4) is 16.9 Å². The summed E-state index contributed by atoms with van der Waals surface area (Å²) in [6.45, 7) is 2.51. The minimum atomic E-state index is -2.66. The molecule has 1 aromatic heterocycles. The molecule has 2 heterocycles. The van der Waals surface area contributed by atoms with Crippen molar-refractivity contribution >= 4 is 10.8 Å². The van der Waals surface area contributed by atoms with E-state index in [4.69, 9.17) is 4.74 Å². The molecule has 158 valence electrons. The highest BCUT2D eigenvalue weighted by Gasteiger charge is 2.35. The van der Waals surface area contributed by atoms with Crippen LogP contribution in [-0.4, -0.2) is 53.3 Å². The maximum absolute atomic E-state index is 13.5. The maximum Gasteiger partial charge on any atom is 0.260 e. The molecule has 4 rings (SSSR count). The van der Waals surface area contributed by atoms with Crippen molar-refractivity contribution in [2.45, 2.75) is 31.8 Å². The lowest BCUT2D eigenvalue weighted by molar-refractivity contribution is -0.0737. The number of rotatable bonds is 6. The number of fused-ring (bicyclic) bond motifs is 1. The summed E-state index contributed by atoms with van der Waals surface area (Å²) in [6, 6.07) is 16.0. The summed E-state index contributed by atoms with van der Waals surface area (Å²) in [7, 11) is 0. The molecule has 6 heteroatoms. The van der Waals surface area contributed by atoms with Gasteiger partial charge in [-0.25, -0.2) is 8.78 Å². The predicted molar refractivity (Wildman–Crippen MR) is 114 cm³/mol. The average Bonchev–Trinajstić information content (AvgIpc) is 2.71. The van der Waals surface area contributed by atoms with Gasteiger partial charge in [-0.2, -0.15) is 0 Å². The Labute approximate surface area is 175 Å². The second kappa shape index (κ2) is 8.66. The van der Waals surface area contributed by atoms with Crippen LogP contribution in [0.2, 0.25) is 0 Å². The molecule has 1 unspecified atom stereocenters. The molecule has 0 bridgehead atoms. The molecule has 2 aromatic carbocycles. The summed E-state index contributed by atoms with van der Waals surface area (Å²) in [4.78, 5) is 5.86. The van der Waals surface area contributed by atoms with E-state index in [0.29, 0.717) is 18.7 Å². The molecule has 1 atom stereocenters. The third-order valence-electron chi connectivity index (χ3n) is 5.42. The van der Waals surface area contributed by atoms with Gasteiger partial charge in [0.1, 0.15) is 18.5 Å². The zero-order chi connectivity index (χ0) is 21.1. The standard InChI is InChI=1S/C24H26F2N2O2/c1-17-11-20(7-9-27-17)19-4-3-18-5-6-23(13-21(18)12-19)30-15-22(29)14-28-10-2-8-24(25,26)16-28/h3-7,9,11-13,22,29H,2,8,10,14-16H2,1H3. The van der Waals surface area contributed by atoms with Crippen LogP contribution in [0.5, 0.6) is 5.75 Å². The molecule has 1 aliphatic heterocycles. The van der Waals surface area contributed by atoms with Crippen LogP contribution in [0.3, 0.4) is 0 Å². The number of β-amino-alcohol motifs (C(OH)–C–C–N with tert-alkyl or cyclic N) is 1. The molecule has 0 amide bonds. The fraction of sp³-hybridized carbons (Fsp3) is 0.375. The SMILES string of the molecule is Cc1cc(-c2ccc3ccc(OCC(O)CN4CCCC(F)(F)C4)cc3c2)ccn1. The molecule has 1 N–H and O–H groups in total. The number of aliphatic hydroxyl groups excluding tert-OH is 1. The van der Waals surface area contributed by atoms with Gasteiger partial charge in [0.05, 0.1) is 6.54 Å². The van der Waals surface area contributed by atoms with Crippen LogP contribution in [0.25, 0.3) is 21.9 Å². The van der Waals surface area contributed by atoms with E-state index >= 15 is 0 Å². The van der Waals surface area contributed by atoms with Gasteiger partial charge < -0.3 is 9.84 Å². The van der Waals surface area contributed by atoms with Crippen LogP contribution in [0.1, 0.15) is 18.5 Å². The number of halogens is 2. The largest absolute Gasteiger partial charge is 0.491 e. The van der Waals surface area contributed by atoms with Gasteiger partial charge in [0, 0.05) is 24.9 Å². The van der Waals surface area contributed by atoms with E-state index in [1.807, 2.05) is 37.3 Å². The summed E-state index contributed by atoms with van der Waals surface area (Å²) in [6.07, 6.45) is 1.35. The molecule has 1 aliphatic rings. The molecule has 3 aromatic rings. The van der Waals surface area contributed by atoms with Gasteiger partial charge in [-0.3, -0.25) is 9.88 Å². The molecule has 1 saturated heterocycles. The fourth-order valence-electron chi connectivity index (χ4n) is 3.96. The fourth-order valence-corrected chi connectivity index (χ4v) is 3.96. The smallest absolute Gasteiger partial charge is 0.260 e. The van der Waals surface area contributed by atoms with E-state index in [2.05, 4.69) is 23.2 Å². The number of aliphatic hydroxyl groups is 1. The Morgan fingerprint density at radius 3 is 2.70 bits per heavy atom. The van der Waals surface area contributed by atoms with E-state index < -0.39 is 12.0 Å². The highest BCUT2D eigenvalue weighted by molar-refractivity contribution is 5.88. The van der Waals surface area contributed by atoms with Crippen molar-refractivity contribution in [2.75, 3.05) is 26.2 Å². The summed E-state index contributed by atoms with van der Waals surface area (Å²) >= 11 is 0. The summed E-state index contributed by atoms with van der Waals surface area (Å²) < 4.78 is 32.8. The number of alkyl halides is 2. The highest BCUT2D eigenvalue weighted by Crippen LogP contribution is 2.28. The number of aromatic nitrogens is 1. The number of pyridine rings is 1. The second-order valence-electron chi connectivity index (χ2n) is 8.07. The van der Waals surface area contributed by atoms with Crippen molar-refractivity contribution in [2.24, 2.45) is 0 Å². The first-order chi connectivity index (χ1) is 14.4. The number of piperidine rings is 1. The Bertz CT molecular complexity index is 1030. The quantitative estimate of drug-likeness (QED) is 0.639. The molecule has 4 nitrogen and oxygen atoms in total. The van der Waals surface area contributed by atoms with Crippen LogP contribution >= 0.6 is 0 Å². The summed E-state index contributed by atoms with van der Waals surface area (Å²) in [5, 5.41) is 12.4. The molecule has 0 aliphatic carbocycles. The lowest BCUT2D eigenvalue weighted by atomic mass is 10.0. The van der Waals surface area contributed by atoms with E-state index in [1.165, 1.54) is 0 Å². The number of ether oxygens (including phenoxy) is 1. The van der Waals surface area contributed by atoms with Gasteiger partial charge >= 0.3 is 0 Å². The van der Waals surface area contributed by atoms with Gasteiger partial charge in [-0.1, -0.05) is 18.2 Å². The van der Waals surface area contributed by atoms with Crippen molar-refractivity contribution in [1.82, 2.24) is 9.88 Å². The van der Waals surface area contributed by atoms with E-state index in [1.54, 1.807) is 11.1 Å². The van der Waals surface area contributed by atoms with Gasteiger partial charge in [0.15, 0.2) is 0 Å². The van der Waals surface area contributed by atoms with Gasteiger partial charge in [0.25, 0.3) is 5.92 Å². The monoisotopic (exact) mass is 412 g/mol. The van der Waals surface area contributed by atoms with Crippen LogP contribution in [0.4, 0.5) is 8.78 Å². The molecule has 0 saturated carbocycles. The number of aryl methyl sites for hydroxylation is 1. The van der Waals surface area contributed by atoms with Crippen LogP contribution in [0, 0.1) is 6.92 Å². The Kier molecular flexibility index (Phi) is 5.97. The number of hydrogen-bond donors (Lipinski definition) is 1. The Balaban J connectivity index is 1.41. The number of likely N-dealkylation sites (tertiary alicyclic amines) is 1. The van der Waals surface area contributed by atoms with Crippen LogP contribution in [0.15, 0.2) is 54.7 Å². The van der Waals surface area contributed by atoms with E-state index in [-0.39, 0.29) is 26.1 Å². The lowest BCUT2D eigenvalue weighted by Crippen LogP contribution is -2.46. The summed E-state index contributed by atoms with van der Waals surface area (Å²) in [5.41, 5.74) is 3.16. The Morgan fingerprint density at radius 1 is 1.10 bits per heavy atom. The zero-order valence-corrected chi connectivity index (χ0v) is 17.0. The van der Waals surface area contributed by atoms with Crippen molar-refractivity contribution in [1.29, 1.82) is 0 Å². The average molecular weight is 412 g/mol. The van der Waals surface area contributed by atoms with Crippen molar-refractivity contribution in [3.05, 3.63) is 60.4 Å². The Hall–Kier alpha value is -2.57. The Morgan fingerprint density at radius 2 is 1.90 bits per heavy atom. The lowest BCUT2D eigenvalue weighted by Gasteiger charge is -2.33. The first-order valence-electron chi connectivity index (χ1n) is 10.3. The van der Waals surface area contributed by atoms with Gasteiger partial charge in [-0.05, 0) is 72.1 Å². The molecular weight excluding hydrogens is 386 g/mol. The molecule has 1 fully saturated rings. The maximum atomic E-state index is 13.5. The minimum Gasteiger partial charge on any atom is -0.491 e. The normalized spacial score (nSPS) is 17.7. The topological polar surface area (TPSA) is 45.6 Å². The van der Waals surface area contributed by atoms with Crippen molar-refractivity contribution in [3.63, 3.8) is 0 Å². The second-order valence-corrected chi connectivity index (χ2v) is 8.07. The molecule has 30 heavy (non-hydrogen) atoms. The van der Waals surface area contributed by atoms with E-state index in [0.717, 1.165) is 27.6 Å². The van der Waals surface area contributed by atoms with Gasteiger partial charge in [-0.15, -0.1) is 0 Å².